The molecule has 24 heteroatoms. The molecular formula is C122H120N20O4+6. The van der Waals surface area contributed by atoms with E-state index in [9.17, 15) is 20.2 Å². The SMILES string of the molecule is CC1Cc2ccccc2N1/N=C/c1cc[n+](C)c2c([N+](=O)[O-])cccc12.CC1Cc2ccccc2N1/N=C/c1cc[n+](C)c2ccc([N+](=O)[O-])cc12.CC1Cc2ccccc2N1/N=C/c1cc[n+](C)c2ccccc12.CC1N(/N=C/c2cc[n+](C)c3ccccc23)c2ccccc2C1(C)C.CN(/N=C/c1c2ccccc2[n+](C)c2ccccc12)c1ccccc1.CN(/N=C/c1cc[n+](C)c2ccccc12)c1ccccc1. The Kier molecular flexibility index (Phi) is 29.5. The van der Waals surface area contributed by atoms with E-state index in [1.54, 1.807) is 35.2 Å². The van der Waals surface area contributed by atoms with Gasteiger partial charge in [0.15, 0.2) is 31.0 Å². The van der Waals surface area contributed by atoms with E-state index < -0.39 is 0 Å². The molecule has 726 valence electrons. The summed E-state index contributed by atoms with van der Waals surface area (Å²) in [4.78, 5) is 21.8. The van der Waals surface area contributed by atoms with Gasteiger partial charge >= 0.3 is 5.69 Å². The molecular weight excluding hydrogens is 1810 g/mol. The molecule has 0 aliphatic carbocycles. The summed E-state index contributed by atoms with van der Waals surface area (Å²) in [6.07, 6.45) is 24.5. The van der Waals surface area contributed by atoms with E-state index in [4.69, 9.17) is 25.5 Å². The first-order chi connectivity index (χ1) is 70.8. The predicted molar refractivity (Wildman–Crippen MR) is 594 cm³/mol. The summed E-state index contributed by atoms with van der Waals surface area (Å²) < 4.78 is 12.4. The fourth-order valence-electron chi connectivity index (χ4n) is 19.8. The number of para-hydroxylation sites is 12. The first kappa shape index (κ1) is 98.4. The summed E-state index contributed by atoms with van der Waals surface area (Å²) in [6.45, 7) is 13.4. The van der Waals surface area contributed by atoms with Crippen LogP contribution in [0.15, 0.2) is 407 Å². The smallest absolute Gasteiger partial charge is 0.269 e. The van der Waals surface area contributed by atoms with Crippen LogP contribution in [-0.4, -0.2) is 85.4 Å². The second kappa shape index (κ2) is 43.7. The number of nitro benzene ring substituents is 2. The maximum atomic E-state index is 11.4. The summed E-state index contributed by atoms with van der Waals surface area (Å²) in [5, 5.41) is 70.6. The van der Waals surface area contributed by atoms with Crippen molar-refractivity contribution < 1.29 is 37.2 Å². The lowest BCUT2D eigenvalue weighted by Gasteiger charge is -2.27. The number of aryl methyl sites for hydroxylation is 6. The minimum Gasteiger partial charge on any atom is -0.269 e. The van der Waals surface area contributed by atoms with Crippen LogP contribution in [0.5, 0.6) is 0 Å². The third kappa shape index (κ3) is 21.0. The van der Waals surface area contributed by atoms with Gasteiger partial charge in [0.1, 0.15) is 42.3 Å². The van der Waals surface area contributed by atoms with E-state index in [2.05, 4.69) is 346 Å². The number of hydrogen-bond acceptors (Lipinski definition) is 16. The maximum absolute atomic E-state index is 11.4. The van der Waals surface area contributed by atoms with Gasteiger partial charge in [-0.05, 0) is 154 Å². The van der Waals surface area contributed by atoms with Gasteiger partial charge in [-0.15, -0.1) is 0 Å². The highest BCUT2D eigenvalue weighted by Crippen LogP contribution is 2.46. The van der Waals surface area contributed by atoms with Gasteiger partial charge in [0.05, 0.1) is 143 Å². The number of hydrazone groups is 6. The fourth-order valence-corrected chi connectivity index (χ4v) is 19.8. The third-order valence-electron chi connectivity index (χ3n) is 28.1. The van der Waals surface area contributed by atoms with E-state index in [1.165, 1.54) is 100 Å². The van der Waals surface area contributed by atoms with Crippen LogP contribution in [0.2, 0.25) is 0 Å². The average Bonchev–Trinajstić information content (AvgIpc) is 1.36. The molecule has 10 heterocycles. The highest BCUT2D eigenvalue weighted by Gasteiger charge is 2.42. The molecule has 0 saturated carbocycles. The molecule has 0 fully saturated rings. The maximum Gasteiger partial charge on any atom is 0.340 e. The molecule has 0 bridgehead atoms. The number of non-ortho nitro benzene ring substituents is 2. The van der Waals surface area contributed by atoms with E-state index in [0.717, 1.165) is 91.7 Å². The molecule has 0 amide bonds. The zero-order valence-corrected chi connectivity index (χ0v) is 84.8. The van der Waals surface area contributed by atoms with Gasteiger partial charge in [-0.3, -0.25) is 50.3 Å². The van der Waals surface area contributed by atoms with Crippen molar-refractivity contribution in [3.8, 4) is 0 Å². The number of rotatable bonds is 16. The summed E-state index contributed by atoms with van der Waals surface area (Å²) in [7, 11) is 16.0. The second-order valence-electron chi connectivity index (χ2n) is 37.9. The van der Waals surface area contributed by atoms with Gasteiger partial charge in [0.2, 0.25) is 33.1 Å². The Morgan fingerprint density at radius 3 is 1.08 bits per heavy atom. The largest absolute Gasteiger partial charge is 0.340 e. The zero-order chi connectivity index (χ0) is 102. The molecule has 146 heavy (non-hydrogen) atoms. The number of fused-ring (bicyclic) bond motifs is 11. The van der Waals surface area contributed by atoms with Crippen LogP contribution >= 0.6 is 0 Å². The van der Waals surface area contributed by atoms with Crippen molar-refractivity contribution in [3.05, 3.63) is 453 Å². The zero-order valence-electron chi connectivity index (χ0n) is 84.8. The molecule has 0 radical (unpaired) electrons. The van der Waals surface area contributed by atoms with Gasteiger partial charge in [-0.1, -0.05) is 190 Å². The number of aromatic nitrogens is 6. The topological polar surface area (TPSA) is 203 Å². The van der Waals surface area contributed by atoms with Crippen molar-refractivity contribution in [2.24, 2.45) is 72.9 Å². The Bertz CT molecular complexity index is 8160. The van der Waals surface area contributed by atoms with Crippen LogP contribution in [-0.2, 0) is 67.0 Å². The summed E-state index contributed by atoms with van der Waals surface area (Å²) >= 11 is 0. The Morgan fingerprint density at radius 2 is 0.651 bits per heavy atom. The molecule has 4 unspecified atom stereocenters. The number of benzene rings is 13. The molecule has 6 aromatic heterocycles. The van der Waals surface area contributed by atoms with Crippen LogP contribution in [0.1, 0.15) is 97.2 Å². The van der Waals surface area contributed by atoms with Crippen molar-refractivity contribution in [3.63, 3.8) is 0 Å². The molecule has 0 N–H and O–H groups in total. The molecule has 4 atom stereocenters. The highest BCUT2D eigenvalue weighted by molar-refractivity contribution is 6.09. The molecule has 4 aliphatic rings. The van der Waals surface area contributed by atoms with Gasteiger partial charge in [-0.2, -0.15) is 39.7 Å². The summed E-state index contributed by atoms with van der Waals surface area (Å²) in [6, 6.07) is 118. The van der Waals surface area contributed by atoms with E-state index in [-0.39, 0.29) is 38.7 Å². The van der Waals surface area contributed by atoms with Crippen LogP contribution in [0, 0.1) is 20.2 Å². The average molecular weight is 1930 g/mol. The third-order valence-corrected chi connectivity index (χ3v) is 28.1. The molecule has 0 spiro atoms. The summed E-state index contributed by atoms with van der Waals surface area (Å²) in [5.41, 5.74) is 26.2. The minimum atomic E-state index is -0.369. The van der Waals surface area contributed by atoms with E-state index in [1.807, 2.05) is 181 Å². The van der Waals surface area contributed by atoms with Gasteiger partial charge in [-0.25, -0.2) is 18.3 Å². The lowest BCUT2D eigenvalue weighted by molar-refractivity contribution is -0.646. The minimum absolute atomic E-state index is 0.0817. The Hall–Kier alpha value is -17.8. The van der Waals surface area contributed by atoms with Crippen molar-refractivity contribution in [2.75, 3.05) is 44.1 Å². The Balaban J connectivity index is 0.000000115. The molecule has 13 aromatic carbocycles. The van der Waals surface area contributed by atoms with Crippen LogP contribution in [0.25, 0.3) is 76.3 Å². The number of nitro groups is 2. The quantitative estimate of drug-likeness (QED) is 0.0294. The second-order valence-corrected chi connectivity index (χ2v) is 37.9. The lowest BCUT2D eigenvalue weighted by Crippen LogP contribution is -2.36. The molecule has 0 saturated heterocycles. The Morgan fingerprint density at radius 1 is 0.322 bits per heavy atom. The number of pyridine rings is 6. The fraction of sp³-hybridized carbons (Fsp3) is 0.180. The van der Waals surface area contributed by atoms with Crippen LogP contribution in [0.4, 0.5) is 45.5 Å². The predicted octanol–water partition coefficient (Wildman–Crippen LogP) is 21.8. The van der Waals surface area contributed by atoms with E-state index >= 15 is 0 Å². The number of nitrogens with zero attached hydrogens (tertiary/aromatic N) is 20. The van der Waals surface area contributed by atoms with Gasteiger partial charge < -0.3 is 0 Å². The monoisotopic (exact) mass is 1930 g/mol. The molecule has 19 aromatic rings. The van der Waals surface area contributed by atoms with Crippen molar-refractivity contribution in [1.29, 1.82) is 0 Å². The molecule has 4 aliphatic heterocycles. The van der Waals surface area contributed by atoms with Crippen molar-refractivity contribution >= 4 is 159 Å². The van der Waals surface area contributed by atoms with E-state index in [0.29, 0.717) is 17.6 Å². The summed E-state index contributed by atoms with van der Waals surface area (Å²) in [5.74, 6) is 0. The first-order valence-electron chi connectivity index (χ1n) is 49.2. The van der Waals surface area contributed by atoms with Gasteiger partial charge in [0, 0.05) is 138 Å². The number of hydrogen-bond donors (Lipinski definition) is 0. The van der Waals surface area contributed by atoms with Crippen molar-refractivity contribution in [1.82, 2.24) is 0 Å². The van der Waals surface area contributed by atoms with Gasteiger partial charge in [0.25, 0.3) is 11.2 Å². The normalized spacial score (nSPS) is 15.3. The Labute approximate surface area is 851 Å². The highest BCUT2D eigenvalue weighted by atomic mass is 16.6. The molecule has 23 rings (SSSR count). The lowest BCUT2D eigenvalue weighted by atomic mass is 9.81. The molecule has 24 nitrogen and oxygen atoms in total. The van der Waals surface area contributed by atoms with Crippen LogP contribution < -0.4 is 57.5 Å². The van der Waals surface area contributed by atoms with Crippen molar-refractivity contribution in [2.45, 2.75) is 90.4 Å². The first-order valence-corrected chi connectivity index (χ1v) is 49.2. The van der Waals surface area contributed by atoms with Crippen LogP contribution in [0.3, 0.4) is 0 Å². The standard InChI is InChI=1S/C22H24N3.C22H20N3.2C20H19N4O2.C20H20N3.C18H18N3/c1-16-22(2,3)19-10-6-8-12-21(19)25(16)23-15-17-13-14-24(4)20-11-7-5-9-18(17)20;1-24-21-14-8-6-12-18(21)20(19-13-7-9-15-22(19)24)16-23-25(2)17-10-4-3-5-11-17;1-14-12-15-6-3-4-8-18(15)23(14)21-13-16-10-11-22(2)20-17(16)7-5-9-19(20)24(25)26;1-14-11-15-5-3-4-6-19(15)23(14)21-13-16-9-10-22(2)20-8-7-17(24(25)26)12-18(16)20;1-15-13-16-7-3-5-9-19(16)23(15)21-14-17-11-12-22(2)20-10-6-4-8-18(17)20;1-20-13-12-15(17-10-6-7-11-18(17)20)14-19-21(2)16-8-4-3-5-9-16/h5-16H,1-4H3;3-16H,1-2H3;3-11,13-14H,12H2,1-2H3;3-10,12-14H,11H2,1-2H3;3-12,14-15H,13H2,1-2H3;3-14H,1-2H3/q6*+1. The number of anilines is 6.